The summed E-state index contributed by atoms with van der Waals surface area (Å²) in [5.41, 5.74) is 2.59. The zero-order valence-corrected chi connectivity index (χ0v) is 10.1. The van der Waals surface area contributed by atoms with Gasteiger partial charge in [-0.2, -0.15) is 5.10 Å². The van der Waals surface area contributed by atoms with Crippen LogP contribution in [0.5, 0.6) is 0 Å². The van der Waals surface area contributed by atoms with Gasteiger partial charge >= 0.3 is 0 Å². The molecule has 0 bridgehead atoms. The van der Waals surface area contributed by atoms with Crippen LogP contribution in [0.15, 0.2) is 6.20 Å². The van der Waals surface area contributed by atoms with Crippen molar-refractivity contribution in [3.8, 4) is 0 Å². The van der Waals surface area contributed by atoms with Crippen molar-refractivity contribution in [2.45, 2.75) is 33.2 Å². The summed E-state index contributed by atoms with van der Waals surface area (Å²) in [7, 11) is 1.99. The van der Waals surface area contributed by atoms with E-state index in [4.69, 9.17) is 0 Å². The molecule has 1 aromatic rings. The van der Waals surface area contributed by atoms with Gasteiger partial charge in [0.05, 0.1) is 6.20 Å². The first kappa shape index (κ1) is 10.7. The zero-order chi connectivity index (χ0) is 11.0. The van der Waals surface area contributed by atoms with Crippen LogP contribution >= 0.6 is 0 Å². The summed E-state index contributed by atoms with van der Waals surface area (Å²) in [4.78, 5) is 0. The second kappa shape index (κ2) is 3.97. The molecule has 0 spiro atoms. The van der Waals surface area contributed by atoms with E-state index in [0.717, 1.165) is 18.4 Å². The summed E-state index contributed by atoms with van der Waals surface area (Å²) in [6, 6.07) is 0.423. The summed E-state index contributed by atoms with van der Waals surface area (Å²) in [6.45, 7) is 7.82. The molecule has 15 heavy (non-hydrogen) atoms. The van der Waals surface area contributed by atoms with E-state index >= 15 is 0 Å². The molecule has 3 nitrogen and oxygen atoms in total. The number of hydrogen-bond donors (Lipinski definition) is 1. The topological polar surface area (TPSA) is 29.9 Å². The molecule has 0 aliphatic heterocycles. The van der Waals surface area contributed by atoms with Gasteiger partial charge in [-0.05, 0) is 38.6 Å². The quantitative estimate of drug-likeness (QED) is 0.818. The number of nitrogens with zero attached hydrogens (tertiary/aromatic N) is 2. The number of aromatic nitrogens is 2. The zero-order valence-electron chi connectivity index (χ0n) is 10.1. The van der Waals surface area contributed by atoms with E-state index in [2.05, 4.69) is 31.2 Å². The summed E-state index contributed by atoms with van der Waals surface area (Å²) < 4.78 is 1.94. The molecule has 1 aliphatic rings. The third-order valence-corrected chi connectivity index (χ3v) is 3.70. The standard InChI is InChI=1S/C12H21N3/c1-8-5-11(8)6-13-9(2)12-7-14-15(4)10(12)3/h7-9,11,13H,5-6H2,1-4H3. The molecular formula is C12H21N3. The molecule has 2 rings (SSSR count). The Morgan fingerprint density at radius 3 is 2.80 bits per heavy atom. The molecular weight excluding hydrogens is 186 g/mol. The number of rotatable bonds is 4. The fourth-order valence-electron chi connectivity index (χ4n) is 2.06. The van der Waals surface area contributed by atoms with Crippen LogP contribution in [0, 0.1) is 18.8 Å². The Balaban J connectivity index is 1.90. The maximum Gasteiger partial charge on any atom is 0.0540 e. The van der Waals surface area contributed by atoms with Gasteiger partial charge in [0.2, 0.25) is 0 Å². The number of hydrogen-bond acceptors (Lipinski definition) is 2. The van der Waals surface area contributed by atoms with Crippen LogP contribution < -0.4 is 5.32 Å². The minimum atomic E-state index is 0.423. The highest BCUT2D eigenvalue weighted by Crippen LogP contribution is 2.37. The van der Waals surface area contributed by atoms with E-state index in [-0.39, 0.29) is 0 Å². The van der Waals surface area contributed by atoms with E-state index in [9.17, 15) is 0 Å². The average molecular weight is 207 g/mol. The third kappa shape index (κ3) is 2.23. The van der Waals surface area contributed by atoms with Crippen molar-refractivity contribution in [3.63, 3.8) is 0 Å². The predicted octanol–water partition coefficient (Wildman–Crippen LogP) is 2.04. The molecule has 1 heterocycles. The van der Waals surface area contributed by atoms with Crippen LogP contribution in [0.3, 0.4) is 0 Å². The molecule has 1 aromatic heterocycles. The van der Waals surface area contributed by atoms with Gasteiger partial charge in [-0.15, -0.1) is 0 Å². The van der Waals surface area contributed by atoms with E-state index < -0.39 is 0 Å². The predicted molar refractivity (Wildman–Crippen MR) is 61.6 cm³/mol. The van der Waals surface area contributed by atoms with Gasteiger partial charge < -0.3 is 5.32 Å². The summed E-state index contributed by atoms with van der Waals surface area (Å²) in [5, 5.41) is 7.86. The molecule has 84 valence electrons. The fraction of sp³-hybridized carbons (Fsp3) is 0.750. The van der Waals surface area contributed by atoms with Crippen LogP contribution in [-0.4, -0.2) is 16.3 Å². The second-order valence-electron chi connectivity index (χ2n) is 4.91. The minimum absolute atomic E-state index is 0.423. The Labute approximate surface area is 91.9 Å². The largest absolute Gasteiger partial charge is 0.310 e. The SMILES string of the molecule is Cc1c(C(C)NCC2CC2C)cnn1C. The lowest BCUT2D eigenvalue weighted by molar-refractivity contribution is 0.532. The van der Waals surface area contributed by atoms with Crippen LogP contribution in [0.4, 0.5) is 0 Å². The van der Waals surface area contributed by atoms with Crippen molar-refractivity contribution in [3.05, 3.63) is 17.5 Å². The van der Waals surface area contributed by atoms with Crippen molar-refractivity contribution >= 4 is 0 Å². The molecule has 3 unspecified atom stereocenters. The molecule has 0 aromatic carbocycles. The van der Waals surface area contributed by atoms with Gasteiger partial charge in [0.25, 0.3) is 0 Å². The maximum atomic E-state index is 4.27. The molecule has 3 atom stereocenters. The van der Waals surface area contributed by atoms with Gasteiger partial charge in [0.1, 0.15) is 0 Å². The maximum absolute atomic E-state index is 4.27. The Morgan fingerprint density at radius 1 is 1.67 bits per heavy atom. The first-order valence-corrected chi connectivity index (χ1v) is 5.81. The van der Waals surface area contributed by atoms with E-state index in [1.54, 1.807) is 0 Å². The van der Waals surface area contributed by atoms with Crippen LogP contribution in [0.25, 0.3) is 0 Å². The molecule has 1 N–H and O–H groups in total. The summed E-state index contributed by atoms with van der Waals surface area (Å²) in [5.74, 6) is 1.84. The molecule has 1 aliphatic carbocycles. The first-order valence-electron chi connectivity index (χ1n) is 5.81. The van der Waals surface area contributed by atoms with Gasteiger partial charge in [0, 0.05) is 24.3 Å². The van der Waals surface area contributed by atoms with Crippen molar-refractivity contribution in [2.24, 2.45) is 18.9 Å². The normalized spacial score (nSPS) is 26.7. The lowest BCUT2D eigenvalue weighted by atomic mass is 10.1. The average Bonchev–Trinajstić information content (AvgIpc) is 2.81. The van der Waals surface area contributed by atoms with Crippen LogP contribution in [0.2, 0.25) is 0 Å². The van der Waals surface area contributed by atoms with E-state index in [0.29, 0.717) is 6.04 Å². The van der Waals surface area contributed by atoms with E-state index in [1.165, 1.54) is 17.7 Å². The molecule has 3 heteroatoms. The molecule has 0 amide bonds. The Bertz CT molecular complexity index is 343. The molecule has 1 fully saturated rings. The number of aryl methyl sites for hydroxylation is 1. The highest BCUT2D eigenvalue weighted by molar-refractivity contribution is 5.19. The minimum Gasteiger partial charge on any atom is -0.310 e. The van der Waals surface area contributed by atoms with Crippen LogP contribution in [-0.2, 0) is 7.05 Å². The van der Waals surface area contributed by atoms with Crippen LogP contribution in [0.1, 0.15) is 37.6 Å². The first-order chi connectivity index (χ1) is 7.09. The molecule has 1 saturated carbocycles. The van der Waals surface area contributed by atoms with Gasteiger partial charge in [-0.1, -0.05) is 6.92 Å². The molecule has 0 saturated heterocycles. The van der Waals surface area contributed by atoms with Crippen molar-refractivity contribution in [1.29, 1.82) is 0 Å². The Hall–Kier alpha value is -0.830. The van der Waals surface area contributed by atoms with Crippen molar-refractivity contribution in [1.82, 2.24) is 15.1 Å². The molecule has 0 radical (unpaired) electrons. The monoisotopic (exact) mass is 207 g/mol. The summed E-state index contributed by atoms with van der Waals surface area (Å²) >= 11 is 0. The third-order valence-electron chi connectivity index (χ3n) is 3.70. The van der Waals surface area contributed by atoms with Gasteiger partial charge in [-0.25, -0.2) is 0 Å². The van der Waals surface area contributed by atoms with Gasteiger partial charge in [0.15, 0.2) is 0 Å². The smallest absolute Gasteiger partial charge is 0.0540 e. The highest BCUT2D eigenvalue weighted by Gasteiger charge is 2.32. The second-order valence-corrected chi connectivity index (χ2v) is 4.91. The number of nitrogens with one attached hydrogen (secondary N) is 1. The lowest BCUT2D eigenvalue weighted by Crippen LogP contribution is -2.21. The van der Waals surface area contributed by atoms with E-state index in [1.807, 2.05) is 17.9 Å². The van der Waals surface area contributed by atoms with Crippen molar-refractivity contribution in [2.75, 3.05) is 6.54 Å². The summed E-state index contributed by atoms with van der Waals surface area (Å²) in [6.07, 6.45) is 3.37. The fourth-order valence-corrected chi connectivity index (χ4v) is 2.06. The lowest BCUT2D eigenvalue weighted by Gasteiger charge is -2.13. The van der Waals surface area contributed by atoms with Gasteiger partial charge in [-0.3, -0.25) is 4.68 Å². The van der Waals surface area contributed by atoms with Crippen molar-refractivity contribution < 1.29 is 0 Å². The Kier molecular flexibility index (Phi) is 2.83. The Morgan fingerprint density at radius 2 is 2.33 bits per heavy atom. The highest BCUT2D eigenvalue weighted by atomic mass is 15.3.